The summed E-state index contributed by atoms with van der Waals surface area (Å²) in [7, 11) is 1.77. The number of carbonyl (C=O) groups is 2. The van der Waals surface area contributed by atoms with Gasteiger partial charge in [-0.1, -0.05) is 61.9 Å². The van der Waals surface area contributed by atoms with Crippen molar-refractivity contribution in [2.45, 2.75) is 43.5 Å². The fourth-order valence-electron chi connectivity index (χ4n) is 4.02. The molecule has 0 unspecified atom stereocenters. The lowest BCUT2D eigenvalue weighted by molar-refractivity contribution is -0.114. The Hall–Kier alpha value is -2.53. The third-order valence-corrected chi connectivity index (χ3v) is 6.92. The first-order valence-electron chi connectivity index (χ1n) is 10.2. The summed E-state index contributed by atoms with van der Waals surface area (Å²) in [6.07, 6.45) is 6.54. The van der Waals surface area contributed by atoms with Gasteiger partial charge in [-0.25, -0.2) is 0 Å². The lowest BCUT2D eigenvalue weighted by atomic mass is 9.86. The van der Waals surface area contributed by atoms with Gasteiger partial charge >= 0.3 is 0 Å². The smallest absolute Gasteiger partial charge is 0.264 e. The monoisotopic (exact) mass is 406 g/mol. The number of fused-ring (bicyclic) bond motifs is 1. The zero-order chi connectivity index (χ0) is 20.4. The Bertz CT molecular complexity index is 955. The lowest BCUT2D eigenvalue weighted by Gasteiger charge is -2.30. The minimum Gasteiger partial charge on any atom is -0.349 e. The Morgan fingerprint density at radius 2 is 1.90 bits per heavy atom. The number of thioether (sulfide) groups is 1. The predicted molar refractivity (Wildman–Crippen MR) is 119 cm³/mol. The van der Waals surface area contributed by atoms with Crippen LogP contribution < -0.4 is 10.2 Å². The number of amides is 2. The molecule has 2 atom stereocenters. The maximum absolute atomic E-state index is 12.9. The number of anilines is 1. The first kappa shape index (κ1) is 19.8. The molecule has 29 heavy (non-hydrogen) atoms. The van der Waals surface area contributed by atoms with Gasteiger partial charge in [0.05, 0.1) is 10.6 Å². The van der Waals surface area contributed by atoms with Crippen molar-refractivity contribution in [2.24, 2.45) is 5.92 Å². The maximum Gasteiger partial charge on any atom is 0.264 e. The minimum atomic E-state index is -0.0528. The van der Waals surface area contributed by atoms with E-state index in [1.165, 1.54) is 31.0 Å². The Balaban J connectivity index is 1.55. The van der Waals surface area contributed by atoms with Crippen molar-refractivity contribution in [3.8, 4) is 0 Å². The number of hydrogen-bond acceptors (Lipinski definition) is 3. The SMILES string of the molecule is C[C@H]1CCCC[C@@H]1NC(=O)c1ccc2c(c1)N(C)C(=O)/C(=C\c1ccccc1)S2. The van der Waals surface area contributed by atoms with Crippen molar-refractivity contribution in [1.29, 1.82) is 0 Å². The van der Waals surface area contributed by atoms with Gasteiger partial charge < -0.3 is 10.2 Å². The summed E-state index contributed by atoms with van der Waals surface area (Å²) in [5.41, 5.74) is 2.39. The molecule has 2 aromatic carbocycles. The first-order valence-corrected chi connectivity index (χ1v) is 11.0. The van der Waals surface area contributed by atoms with Crippen LogP contribution in [-0.2, 0) is 4.79 Å². The molecule has 1 heterocycles. The number of benzene rings is 2. The molecule has 150 valence electrons. The predicted octanol–water partition coefficient (Wildman–Crippen LogP) is 5.10. The third kappa shape index (κ3) is 4.25. The molecule has 1 fully saturated rings. The molecule has 5 heteroatoms. The van der Waals surface area contributed by atoms with Gasteiger partial charge in [-0.2, -0.15) is 0 Å². The molecule has 4 nitrogen and oxygen atoms in total. The van der Waals surface area contributed by atoms with Crippen molar-refractivity contribution in [2.75, 3.05) is 11.9 Å². The van der Waals surface area contributed by atoms with E-state index in [4.69, 9.17) is 0 Å². The highest BCUT2D eigenvalue weighted by molar-refractivity contribution is 8.04. The Morgan fingerprint density at radius 3 is 2.66 bits per heavy atom. The molecule has 0 radical (unpaired) electrons. The summed E-state index contributed by atoms with van der Waals surface area (Å²) in [5, 5.41) is 3.20. The van der Waals surface area contributed by atoms with Gasteiger partial charge in [-0.15, -0.1) is 0 Å². The van der Waals surface area contributed by atoms with Crippen LogP contribution in [0.4, 0.5) is 5.69 Å². The molecule has 0 spiro atoms. The van der Waals surface area contributed by atoms with E-state index in [0.717, 1.165) is 22.6 Å². The van der Waals surface area contributed by atoms with Gasteiger partial charge in [0.2, 0.25) is 0 Å². The number of carbonyl (C=O) groups excluding carboxylic acids is 2. The van der Waals surface area contributed by atoms with Crippen LogP contribution in [0, 0.1) is 5.92 Å². The highest BCUT2D eigenvalue weighted by atomic mass is 32.2. The molecular weight excluding hydrogens is 380 g/mol. The summed E-state index contributed by atoms with van der Waals surface area (Å²) in [6, 6.07) is 15.7. The van der Waals surface area contributed by atoms with Gasteiger partial charge in [-0.3, -0.25) is 9.59 Å². The van der Waals surface area contributed by atoms with E-state index in [2.05, 4.69) is 12.2 Å². The molecule has 2 amide bonds. The summed E-state index contributed by atoms with van der Waals surface area (Å²) in [4.78, 5) is 29.0. The second kappa shape index (κ2) is 8.46. The molecule has 4 rings (SSSR count). The van der Waals surface area contributed by atoms with Crippen LogP contribution in [0.25, 0.3) is 6.08 Å². The lowest BCUT2D eigenvalue weighted by Crippen LogP contribution is -2.41. The quantitative estimate of drug-likeness (QED) is 0.721. The Labute approximate surface area is 176 Å². The van der Waals surface area contributed by atoms with Gasteiger partial charge in [-0.05, 0) is 48.6 Å². The fourth-order valence-corrected chi connectivity index (χ4v) is 5.11. The maximum atomic E-state index is 12.9. The topological polar surface area (TPSA) is 49.4 Å². The zero-order valence-electron chi connectivity index (χ0n) is 16.9. The van der Waals surface area contributed by atoms with Crippen molar-refractivity contribution < 1.29 is 9.59 Å². The average molecular weight is 407 g/mol. The van der Waals surface area contributed by atoms with Crippen molar-refractivity contribution >= 4 is 35.3 Å². The van der Waals surface area contributed by atoms with E-state index in [-0.39, 0.29) is 17.9 Å². The van der Waals surface area contributed by atoms with Crippen molar-refractivity contribution in [3.05, 3.63) is 64.6 Å². The van der Waals surface area contributed by atoms with E-state index in [0.29, 0.717) is 16.4 Å². The zero-order valence-corrected chi connectivity index (χ0v) is 17.7. The molecule has 1 aliphatic carbocycles. The number of nitrogens with one attached hydrogen (secondary N) is 1. The van der Waals surface area contributed by atoms with E-state index in [9.17, 15) is 9.59 Å². The Kier molecular flexibility index (Phi) is 5.76. The number of hydrogen-bond donors (Lipinski definition) is 1. The average Bonchev–Trinajstić information content (AvgIpc) is 2.74. The summed E-state index contributed by atoms with van der Waals surface area (Å²) in [6.45, 7) is 2.21. The normalized spacial score (nSPS) is 23.0. The minimum absolute atomic E-state index is 0.0511. The van der Waals surface area contributed by atoms with Crippen LogP contribution >= 0.6 is 11.8 Å². The summed E-state index contributed by atoms with van der Waals surface area (Å²) >= 11 is 1.46. The standard InChI is InChI=1S/C24H26N2O2S/c1-16-8-6-7-11-19(16)25-23(27)18-12-13-21-20(15-18)26(2)24(28)22(29-21)14-17-9-4-3-5-10-17/h3-5,9-10,12-16,19H,6-8,11H2,1-2H3,(H,25,27)/b22-14+/t16-,19-/m0/s1. The van der Waals surface area contributed by atoms with Gasteiger partial charge in [0.25, 0.3) is 11.8 Å². The van der Waals surface area contributed by atoms with E-state index in [1.807, 2.05) is 54.6 Å². The first-order chi connectivity index (χ1) is 14.0. The summed E-state index contributed by atoms with van der Waals surface area (Å²) in [5.74, 6) is 0.406. The van der Waals surface area contributed by atoms with Crippen LogP contribution in [-0.4, -0.2) is 24.9 Å². The molecule has 2 aliphatic rings. The van der Waals surface area contributed by atoms with E-state index in [1.54, 1.807) is 11.9 Å². The third-order valence-electron chi connectivity index (χ3n) is 5.84. The van der Waals surface area contributed by atoms with Crippen LogP contribution in [0.5, 0.6) is 0 Å². The number of rotatable bonds is 3. The second-order valence-corrected chi connectivity index (χ2v) is 8.99. The van der Waals surface area contributed by atoms with Gasteiger partial charge in [0, 0.05) is 23.5 Å². The molecule has 0 saturated heterocycles. The van der Waals surface area contributed by atoms with E-state index >= 15 is 0 Å². The van der Waals surface area contributed by atoms with Crippen molar-refractivity contribution in [3.63, 3.8) is 0 Å². The van der Waals surface area contributed by atoms with Gasteiger partial charge in [0.1, 0.15) is 0 Å². The molecule has 0 bridgehead atoms. The molecule has 0 aromatic heterocycles. The van der Waals surface area contributed by atoms with Crippen LogP contribution in [0.3, 0.4) is 0 Å². The number of likely N-dealkylation sites (N-methyl/N-ethyl adjacent to an activating group) is 1. The molecule has 1 N–H and O–H groups in total. The van der Waals surface area contributed by atoms with Crippen LogP contribution in [0.15, 0.2) is 58.3 Å². The Morgan fingerprint density at radius 1 is 1.14 bits per heavy atom. The second-order valence-electron chi connectivity index (χ2n) is 7.91. The van der Waals surface area contributed by atoms with Gasteiger partial charge in [0.15, 0.2) is 0 Å². The summed E-state index contributed by atoms with van der Waals surface area (Å²) < 4.78 is 0. The van der Waals surface area contributed by atoms with E-state index < -0.39 is 0 Å². The fraction of sp³-hybridized carbons (Fsp3) is 0.333. The largest absolute Gasteiger partial charge is 0.349 e. The molecular formula is C24H26N2O2S. The molecule has 1 saturated carbocycles. The highest BCUT2D eigenvalue weighted by Gasteiger charge is 2.28. The highest BCUT2D eigenvalue weighted by Crippen LogP contribution is 2.42. The van der Waals surface area contributed by atoms with Crippen LogP contribution in [0.1, 0.15) is 48.5 Å². The van der Waals surface area contributed by atoms with Crippen molar-refractivity contribution in [1.82, 2.24) is 5.32 Å². The number of nitrogens with zero attached hydrogens (tertiary/aromatic N) is 1. The van der Waals surface area contributed by atoms with Crippen LogP contribution in [0.2, 0.25) is 0 Å². The molecule has 1 aliphatic heterocycles. The molecule has 2 aromatic rings.